The number of carbonyl (C=O) groups is 1. The molecule has 370 valence electrons. The molecule has 3 aromatic heterocycles. The van der Waals surface area contributed by atoms with Crippen molar-refractivity contribution in [1.29, 1.82) is 0 Å². The van der Waals surface area contributed by atoms with Crippen LogP contribution in [0, 0.1) is 0 Å². The number of rotatable bonds is 14. The number of aromatic nitrogens is 6. The van der Waals surface area contributed by atoms with E-state index in [0.717, 1.165) is 140 Å². The predicted molar refractivity (Wildman–Crippen MR) is 279 cm³/mol. The molecule has 5 aliphatic rings. The average Bonchev–Trinajstić information content (AvgIpc) is 4.12. The van der Waals surface area contributed by atoms with Crippen molar-refractivity contribution in [2.75, 3.05) is 55.7 Å². The minimum absolute atomic E-state index is 0.0149. The third-order valence-corrected chi connectivity index (χ3v) is 15.2. The van der Waals surface area contributed by atoms with Crippen molar-refractivity contribution in [3.8, 4) is 22.9 Å². The lowest BCUT2D eigenvalue weighted by molar-refractivity contribution is -0.115. The van der Waals surface area contributed by atoms with Crippen LogP contribution >= 0.6 is 0 Å². The van der Waals surface area contributed by atoms with Gasteiger partial charge < -0.3 is 34.1 Å². The Hall–Kier alpha value is -5.29. The molecule has 0 radical (unpaired) electrons. The number of fused-ring (bicyclic) bond motifs is 2. The van der Waals surface area contributed by atoms with E-state index in [4.69, 9.17) is 24.3 Å². The van der Waals surface area contributed by atoms with Crippen molar-refractivity contribution < 1.29 is 19.0 Å². The summed E-state index contributed by atoms with van der Waals surface area (Å²) >= 11 is 0. The van der Waals surface area contributed by atoms with Gasteiger partial charge in [0.2, 0.25) is 0 Å². The lowest BCUT2D eigenvalue weighted by atomic mass is 10.0. The van der Waals surface area contributed by atoms with Gasteiger partial charge in [0.1, 0.15) is 59.5 Å². The highest BCUT2D eigenvalue weighted by Crippen LogP contribution is 2.42. The van der Waals surface area contributed by atoms with Crippen LogP contribution < -0.4 is 24.6 Å². The molecule has 4 fully saturated rings. The summed E-state index contributed by atoms with van der Waals surface area (Å²) in [5, 5.41) is 9.42. The number of hydrogen-bond acceptors (Lipinski definition) is 14. The first-order chi connectivity index (χ1) is 32.8. The van der Waals surface area contributed by atoms with Gasteiger partial charge in [0, 0.05) is 95.2 Å². The summed E-state index contributed by atoms with van der Waals surface area (Å²) < 4.78 is 20.5. The molecular formula is C53H75N11O4Si. The van der Waals surface area contributed by atoms with Crippen LogP contribution in [0.25, 0.3) is 22.3 Å². The van der Waals surface area contributed by atoms with Crippen LogP contribution in [0.1, 0.15) is 97.9 Å². The zero-order chi connectivity index (χ0) is 49.1. The molecule has 5 aromatic rings. The molecule has 2 saturated carbocycles. The van der Waals surface area contributed by atoms with E-state index in [0.29, 0.717) is 31.4 Å². The molecule has 15 nitrogen and oxygen atoms in total. The number of nitrogens with one attached hydrogen (secondary N) is 1. The predicted octanol–water partition coefficient (Wildman–Crippen LogP) is 8.81. The molecule has 6 heterocycles. The van der Waals surface area contributed by atoms with E-state index < -0.39 is 8.07 Å². The molecule has 0 amide bonds. The van der Waals surface area contributed by atoms with Crippen molar-refractivity contribution in [2.45, 2.75) is 149 Å². The molecule has 16 heteroatoms. The zero-order valence-electron chi connectivity index (χ0n) is 43.0. The Morgan fingerprint density at radius 1 is 0.812 bits per heavy atom. The fraction of sp³-hybridized carbons (Fsp3) is 0.566. The van der Waals surface area contributed by atoms with Crippen LogP contribution in [0.15, 0.2) is 66.2 Å². The number of piperazine rings is 2. The Labute approximate surface area is 410 Å². The smallest absolute Gasteiger partial charge is 0.140 e. The van der Waals surface area contributed by atoms with E-state index in [-0.39, 0.29) is 17.0 Å². The maximum Gasteiger partial charge on any atom is 0.140 e. The number of nitrogens with zero attached hydrogens (tertiary/aromatic N) is 10. The number of Topliss-reactive ketones (excluding diaryl/α,β-unsaturated/α-hetero) is 1. The SMILES string of the molecule is CC(C)=O.CC(C)N1CCN(c2cc(C3=NCc4ccc(OC5(C)CC5)cc43)ncn2)C[C@H]1C.C[C@@H]1CN(c2cc(-c3c4cc(OC5(C)CC5)ccc4nn3COCC[Si](C)(C)C)ncn2)CCN1. The summed E-state index contributed by atoms with van der Waals surface area (Å²) in [6.45, 7) is 31.2. The van der Waals surface area contributed by atoms with Crippen LogP contribution in [0.3, 0.4) is 0 Å². The Bertz CT molecular complexity index is 2620. The van der Waals surface area contributed by atoms with Gasteiger partial charge in [-0.2, -0.15) is 5.10 Å². The number of aliphatic imine (C=N–C) groups is 1. The maximum absolute atomic E-state index is 9.44. The summed E-state index contributed by atoms with van der Waals surface area (Å²) in [7, 11) is -1.16. The van der Waals surface area contributed by atoms with E-state index >= 15 is 0 Å². The molecule has 0 spiro atoms. The largest absolute Gasteiger partial charge is 0.488 e. The molecule has 0 bridgehead atoms. The van der Waals surface area contributed by atoms with Crippen molar-refractivity contribution >= 4 is 42.1 Å². The Morgan fingerprint density at radius 2 is 1.43 bits per heavy atom. The third-order valence-electron chi connectivity index (χ3n) is 13.4. The molecule has 10 rings (SSSR count). The van der Waals surface area contributed by atoms with E-state index in [1.165, 1.54) is 19.4 Å². The monoisotopic (exact) mass is 958 g/mol. The van der Waals surface area contributed by atoms with Gasteiger partial charge in [0.25, 0.3) is 0 Å². The molecule has 1 N–H and O–H groups in total. The lowest BCUT2D eigenvalue weighted by Gasteiger charge is -2.42. The van der Waals surface area contributed by atoms with E-state index in [1.54, 1.807) is 12.7 Å². The minimum Gasteiger partial charge on any atom is -0.488 e. The Morgan fingerprint density at radius 3 is 2.06 bits per heavy atom. The first kappa shape index (κ1) is 50.1. The van der Waals surface area contributed by atoms with Crippen molar-refractivity contribution in [3.63, 3.8) is 0 Å². The standard InChI is InChI=1S/C26H38N6O2Si.C24H31N5O.C3H6O/c1-19-16-31(11-10-27-19)24-15-23(28-17-29-24)25-21-14-20(34-26(2)8-9-26)6-7-22(21)30-32(25)18-33-12-13-35(3,4)5;1-16(2)29-10-9-28(14-17(29)3)22-12-21(26-15-27-22)23-20-11-19(30-24(4)7-8-24)6-5-18(20)13-25-23;1-3(2)4/h6-7,14-15,17,19,27H,8-13,16,18H2,1-5H3;5-6,11-12,15-17H,7-10,13-14H2,1-4H3;1-2H3/t19-;17-;/m11./s1. The topological polar surface area (TPSA) is 148 Å². The number of hydrogen-bond donors (Lipinski definition) is 1. The molecule has 3 aliphatic heterocycles. The first-order valence-corrected chi connectivity index (χ1v) is 28.8. The number of anilines is 2. The third kappa shape index (κ3) is 13.1. The van der Waals surface area contributed by atoms with Crippen molar-refractivity contribution in [2.24, 2.45) is 4.99 Å². The lowest BCUT2D eigenvalue weighted by Crippen LogP contribution is -2.54. The zero-order valence-corrected chi connectivity index (χ0v) is 44.0. The fourth-order valence-electron chi connectivity index (χ4n) is 9.02. The van der Waals surface area contributed by atoms with E-state index in [1.807, 2.05) is 16.8 Å². The highest BCUT2D eigenvalue weighted by atomic mass is 28.3. The van der Waals surface area contributed by atoms with E-state index in [2.05, 4.69) is 138 Å². The summed E-state index contributed by atoms with van der Waals surface area (Å²) in [6.07, 6.45) is 7.79. The van der Waals surface area contributed by atoms with Crippen LogP contribution in [0.5, 0.6) is 11.5 Å². The second kappa shape index (κ2) is 21.0. The number of carbonyl (C=O) groups excluding carboxylic acids is 1. The van der Waals surface area contributed by atoms with Crippen molar-refractivity contribution in [1.82, 2.24) is 39.9 Å². The van der Waals surface area contributed by atoms with Gasteiger partial charge in [0.15, 0.2) is 0 Å². The molecule has 0 unspecified atom stereocenters. The van der Waals surface area contributed by atoms with Gasteiger partial charge in [-0.05, 0) is 123 Å². The van der Waals surface area contributed by atoms with Gasteiger partial charge in [-0.3, -0.25) is 9.89 Å². The highest BCUT2D eigenvalue weighted by Gasteiger charge is 2.41. The number of ether oxygens (including phenoxy) is 3. The van der Waals surface area contributed by atoms with Gasteiger partial charge in [-0.15, -0.1) is 0 Å². The summed E-state index contributed by atoms with van der Waals surface area (Å²) in [5.41, 5.74) is 6.92. The van der Waals surface area contributed by atoms with Gasteiger partial charge in [-0.25, -0.2) is 24.6 Å². The first-order valence-electron chi connectivity index (χ1n) is 25.1. The number of ketones is 1. The van der Waals surface area contributed by atoms with Gasteiger partial charge >= 0.3 is 0 Å². The summed E-state index contributed by atoms with van der Waals surface area (Å²) in [6, 6.07) is 19.3. The fourth-order valence-corrected chi connectivity index (χ4v) is 9.78. The minimum atomic E-state index is -1.16. The maximum atomic E-state index is 9.44. The molecule has 69 heavy (non-hydrogen) atoms. The molecule has 2 aromatic carbocycles. The summed E-state index contributed by atoms with van der Waals surface area (Å²) in [4.78, 5) is 39.9. The average molecular weight is 958 g/mol. The van der Waals surface area contributed by atoms with Gasteiger partial charge in [0.05, 0.1) is 34.9 Å². The van der Waals surface area contributed by atoms with Crippen LogP contribution in [0.2, 0.25) is 25.7 Å². The second-order valence-electron chi connectivity index (χ2n) is 21.8. The number of benzene rings is 2. The van der Waals surface area contributed by atoms with Crippen LogP contribution in [-0.2, 0) is 22.8 Å². The Kier molecular flexibility index (Phi) is 15.2. The van der Waals surface area contributed by atoms with Crippen molar-refractivity contribution in [3.05, 3.63) is 78.0 Å². The quantitative estimate of drug-likeness (QED) is 0.0836. The van der Waals surface area contributed by atoms with Crippen LogP contribution in [-0.4, -0.2) is 129 Å². The van der Waals surface area contributed by atoms with Crippen LogP contribution in [0.4, 0.5) is 11.6 Å². The molecule has 2 saturated heterocycles. The molecule has 2 aliphatic carbocycles. The van der Waals surface area contributed by atoms with E-state index in [9.17, 15) is 4.79 Å². The normalized spacial score (nSPS) is 20.3. The molecular weight excluding hydrogens is 883 g/mol. The molecule has 2 atom stereocenters. The van der Waals surface area contributed by atoms with Gasteiger partial charge in [-0.1, -0.05) is 25.7 Å². The second-order valence-corrected chi connectivity index (χ2v) is 27.4. The Balaban J connectivity index is 0.000000174. The highest BCUT2D eigenvalue weighted by molar-refractivity contribution is 6.76. The summed E-state index contributed by atoms with van der Waals surface area (Å²) in [5.74, 6) is 3.91.